The fraction of sp³-hybridized carbons (Fsp3) is 0.727. The summed E-state index contributed by atoms with van der Waals surface area (Å²) in [6.45, 7) is 0. The molecule has 0 heterocycles. The molecular formula is C11H18N2O. The second-order valence-electron chi connectivity index (χ2n) is 4.72. The van der Waals surface area contributed by atoms with Crippen LogP contribution in [0.15, 0.2) is 16.9 Å². The van der Waals surface area contributed by atoms with Crippen LogP contribution >= 0.6 is 0 Å². The molecule has 2 aliphatic carbocycles. The van der Waals surface area contributed by atoms with Crippen LogP contribution in [0.5, 0.6) is 0 Å². The van der Waals surface area contributed by atoms with Gasteiger partial charge in [-0.1, -0.05) is 24.4 Å². The van der Waals surface area contributed by atoms with Gasteiger partial charge in [-0.15, -0.1) is 0 Å². The van der Waals surface area contributed by atoms with Gasteiger partial charge in [0.1, 0.15) is 0 Å². The van der Waals surface area contributed by atoms with Gasteiger partial charge in [0.2, 0.25) is 0 Å². The first-order valence-corrected chi connectivity index (χ1v) is 5.41. The maximum Gasteiger partial charge on any atom is 0.0818 e. The number of nitrogens with zero attached hydrogens (tertiary/aromatic N) is 1. The second-order valence-corrected chi connectivity index (χ2v) is 4.72. The summed E-state index contributed by atoms with van der Waals surface area (Å²) in [4.78, 5) is 0. The maximum atomic E-state index is 8.81. The third-order valence-corrected chi connectivity index (χ3v) is 3.53. The van der Waals surface area contributed by atoms with E-state index < -0.39 is 0 Å². The van der Waals surface area contributed by atoms with Gasteiger partial charge in [-0.25, -0.2) is 0 Å². The molecule has 0 unspecified atom stereocenters. The lowest BCUT2D eigenvalue weighted by molar-refractivity contribution is 0.190. The van der Waals surface area contributed by atoms with Gasteiger partial charge < -0.3 is 10.9 Å². The lowest BCUT2D eigenvalue weighted by Gasteiger charge is -2.39. The van der Waals surface area contributed by atoms with E-state index in [0.717, 1.165) is 24.3 Å². The van der Waals surface area contributed by atoms with Crippen LogP contribution in [0.2, 0.25) is 0 Å². The second kappa shape index (κ2) is 3.64. The standard InChI is InChI=1S/C11H18N2O/c12-9-6-10(13-14)8-11(7-9)4-2-1-3-5-11/h6,14H,1-5,7-8,12H2. The molecule has 0 amide bonds. The molecule has 0 atom stereocenters. The first-order chi connectivity index (χ1) is 6.74. The summed E-state index contributed by atoms with van der Waals surface area (Å²) in [5.74, 6) is 0. The third kappa shape index (κ3) is 1.76. The Morgan fingerprint density at radius 3 is 2.57 bits per heavy atom. The third-order valence-electron chi connectivity index (χ3n) is 3.53. The van der Waals surface area contributed by atoms with Gasteiger partial charge in [-0.2, -0.15) is 0 Å². The summed E-state index contributed by atoms with van der Waals surface area (Å²) in [6.07, 6.45) is 10.1. The van der Waals surface area contributed by atoms with Gasteiger partial charge in [0.25, 0.3) is 0 Å². The summed E-state index contributed by atoms with van der Waals surface area (Å²) in [5.41, 5.74) is 7.83. The molecule has 3 heteroatoms. The summed E-state index contributed by atoms with van der Waals surface area (Å²) < 4.78 is 0. The number of rotatable bonds is 0. The molecule has 0 radical (unpaired) electrons. The highest BCUT2D eigenvalue weighted by atomic mass is 16.4. The van der Waals surface area contributed by atoms with Crippen molar-refractivity contribution in [1.82, 2.24) is 0 Å². The average molecular weight is 194 g/mol. The quantitative estimate of drug-likeness (QED) is 0.459. The summed E-state index contributed by atoms with van der Waals surface area (Å²) >= 11 is 0. The Morgan fingerprint density at radius 1 is 1.21 bits per heavy atom. The SMILES string of the molecule is NC1=CC(=NO)CC2(CCCCC2)C1. The minimum atomic E-state index is 0.318. The molecule has 1 fully saturated rings. The van der Waals surface area contributed by atoms with E-state index in [2.05, 4.69) is 5.16 Å². The molecule has 3 nitrogen and oxygen atoms in total. The van der Waals surface area contributed by atoms with Crippen molar-refractivity contribution >= 4 is 5.71 Å². The van der Waals surface area contributed by atoms with Gasteiger partial charge in [0.05, 0.1) is 5.71 Å². The Labute approximate surface area is 84.7 Å². The zero-order valence-corrected chi connectivity index (χ0v) is 8.50. The van der Waals surface area contributed by atoms with E-state index in [1.54, 1.807) is 0 Å². The van der Waals surface area contributed by atoms with E-state index in [1.807, 2.05) is 6.08 Å². The largest absolute Gasteiger partial charge is 0.411 e. The number of hydrogen-bond donors (Lipinski definition) is 2. The lowest BCUT2D eigenvalue weighted by atomic mass is 9.66. The van der Waals surface area contributed by atoms with Crippen LogP contribution in [0.4, 0.5) is 0 Å². The molecule has 0 aromatic carbocycles. The fourth-order valence-corrected chi connectivity index (χ4v) is 2.92. The van der Waals surface area contributed by atoms with E-state index in [-0.39, 0.29) is 0 Å². The van der Waals surface area contributed by atoms with Gasteiger partial charge in [-0.3, -0.25) is 0 Å². The molecular weight excluding hydrogens is 176 g/mol. The lowest BCUT2D eigenvalue weighted by Crippen LogP contribution is -2.32. The first-order valence-electron chi connectivity index (χ1n) is 5.41. The van der Waals surface area contributed by atoms with Gasteiger partial charge in [0, 0.05) is 5.70 Å². The van der Waals surface area contributed by atoms with E-state index in [0.29, 0.717) is 5.41 Å². The highest BCUT2D eigenvalue weighted by Crippen LogP contribution is 2.45. The molecule has 0 bridgehead atoms. The molecule has 0 saturated heterocycles. The van der Waals surface area contributed by atoms with Gasteiger partial charge >= 0.3 is 0 Å². The Balaban J connectivity index is 2.18. The van der Waals surface area contributed by atoms with Crippen molar-refractivity contribution < 1.29 is 5.21 Å². The zero-order valence-electron chi connectivity index (χ0n) is 8.50. The van der Waals surface area contributed by atoms with E-state index >= 15 is 0 Å². The van der Waals surface area contributed by atoms with Crippen LogP contribution in [-0.4, -0.2) is 10.9 Å². The van der Waals surface area contributed by atoms with Crippen molar-refractivity contribution in [3.63, 3.8) is 0 Å². The van der Waals surface area contributed by atoms with Crippen LogP contribution in [0, 0.1) is 5.41 Å². The van der Waals surface area contributed by atoms with E-state index in [1.165, 1.54) is 32.1 Å². The minimum absolute atomic E-state index is 0.318. The van der Waals surface area contributed by atoms with Crippen molar-refractivity contribution in [2.24, 2.45) is 16.3 Å². The predicted molar refractivity (Wildman–Crippen MR) is 56.2 cm³/mol. The molecule has 2 aliphatic rings. The smallest absolute Gasteiger partial charge is 0.0818 e. The van der Waals surface area contributed by atoms with Crippen LogP contribution in [-0.2, 0) is 0 Å². The fourth-order valence-electron chi connectivity index (χ4n) is 2.92. The van der Waals surface area contributed by atoms with E-state index in [9.17, 15) is 0 Å². The number of nitrogens with two attached hydrogens (primary N) is 1. The predicted octanol–water partition coefficient (Wildman–Crippen LogP) is 2.40. The monoisotopic (exact) mass is 194 g/mol. The Bertz CT molecular complexity index is 275. The molecule has 2 rings (SSSR count). The normalized spacial score (nSPS) is 29.1. The van der Waals surface area contributed by atoms with Crippen LogP contribution < -0.4 is 5.73 Å². The number of oxime groups is 1. The molecule has 14 heavy (non-hydrogen) atoms. The van der Waals surface area contributed by atoms with Crippen molar-refractivity contribution in [3.8, 4) is 0 Å². The van der Waals surface area contributed by atoms with Gasteiger partial charge in [-0.05, 0) is 37.2 Å². The van der Waals surface area contributed by atoms with E-state index in [4.69, 9.17) is 10.9 Å². The topological polar surface area (TPSA) is 58.6 Å². The van der Waals surface area contributed by atoms with Crippen molar-refractivity contribution in [2.75, 3.05) is 0 Å². The van der Waals surface area contributed by atoms with Gasteiger partial charge in [0.15, 0.2) is 0 Å². The molecule has 0 aromatic rings. The highest BCUT2D eigenvalue weighted by molar-refractivity contribution is 5.96. The summed E-state index contributed by atoms with van der Waals surface area (Å²) in [7, 11) is 0. The maximum absolute atomic E-state index is 8.81. The van der Waals surface area contributed by atoms with Crippen LogP contribution in [0.1, 0.15) is 44.9 Å². The van der Waals surface area contributed by atoms with Crippen LogP contribution in [0.3, 0.4) is 0 Å². The molecule has 0 aromatic heterocycles. The average Bonchev–Trinajstić information content (AvgIpc) is 2.17. The highest BCUT2D eigenvalue weighted by Gasteiger charge is 2.36. The van der Waals surface area contributed by atoms with Crippen molar-refractivity contribution in [3.05, 3.63) is 11.8 Å². The molecule has 1 spiro atoms. The molecule has 0 aliphatic heterocycles. The number of allylic oxidation sites excluding steroid dienone is 2. The summed E-state index contributed by atoms with van der Waals surface area (Å²) in [5, 5.41) is 12.1. The Morgan fingerprint density at radius 2 is 1.93 bits per heavy atom. The number of hydrogen-bond acceptors (Lipinski definition) is 3. The summed E-state index contributed by atoms with van der Waals surface area (Å²) in [6, 6.07) is 0. The van der Waals surface area contributed by atoms with Crippen molar-refractivity contribution in [1.29, 1.82) is 0 Å². The van der Waals surface area contributed by atoms with Crippen molar-refractivity contribution in [2.45, 2.75) is 44.9 Å². The Hall–Kier alpha value is -0.990. The molecule has 1 saturated carbocycles. The first kappa shape index (κ1) is 9.56. The Kier molecular flexibility index (Phi) is 2.48. The molecule has 3 N–H and O–H groups in total. The molecule has 78 valence electrons. The van der Waals surface area contributed by atoms with Crippen LogP contribution in [0.25, 0.3) is 0 Å². The minimum Gasteiger partial charge on any atom is -0.411 e. The zero-order chi connectivity index (χ0) is 10.0.